The predicted octanol–water partition coefficient (Wildman–Crippen LogP) is 3.63. The first-order valence-electron chi connectivity index (χ1n) is 7.58. The van der Waals surface area contributed by atoms with Gasteiger partial charge in [0.15, 0.2) is 0 Å². The van der Waals surface area contributed by atoms with Gasteiger partial charge in [0.1, 0.15) is 11.0 Å². The van der Waals surface area contributed by atoms with Crippen molar-refractivity contribution in [2.45, 2.75) is 42.9 Å². The average molecular weight is 482 g/mol. The van der Waals surface area contributed by atoms with Gasteiger partial charge in [0.2, 0.25) is 5.09 Å². The Morgan fingerprint density at radius 1 is 1.29 bits per heavy atom. The zero-order chi connectivity index (χ0) is 17.2. The minimum Gasteiger partial charge on any atom is -0.452 e. The molecule has 1 fully saturated rings. The number of rotatable bonds is 5. The van der Waals surface area contributed by atoms with Crippen LogP contribution < -0.4 is 10.0 Å². The zero-order valence-corrected chi connectivity index (χ0v) is 16.4. The van der Waals surface area contributed by atoms with E-state index >= 15 is 0 Å². The molecule has 0 radical (unpaired) electrons. The van der Waals surface area contributed by atoms with Crippen molar-refractivity contribution in [2.24, 2.45) is 0 Å². The van der Waals surface area contributed by atoms with Gasteiger partial charge in [0.25, 0.3) is 10.0 Å². The quantitative estimate of drug-likeness (QED) is 0.503. The van der Waals surface area contributed by atoms with Crippen LogP contribution in [0.5, 0.6) is 0 Å². The fourth-order valence-corrected chi connectivity index (χ4v) is 5.06. The Bertz CT molecular complexity index is 778. The molecule has 2 heterocycles. The summed E-state index contributed by atoms with van der Waals surface area (Å²) in [5.74, 6) is 0.714. The van der Waals surface area contributed by atoms with Crippen molar-refractivity contribution in [1.82, 2.24) is 9.71 Å². The Labute approximate surface area is 159 Å². The molecule has 0 saturated heterocycles. The molecule has 2 atom stereocenters. The van der Waals surface area contributed by atoms with Gasteiger partial charge in [-0.3, -0.25) is 0 Å². The van der Waals surface area contributed by atoms with Crippen molar-refractivity contribution in [3.05, 3.63) is 39.3 Å². The van der Waals surface area contributed by atoms with Crippen LogP contribution in [-0.2, 0) is 10.0 Å². The van der Waals surface area contributed by atoms with E-state index in [1.807, 2.05) is 6.07 Å². The number of halogens is 2. The van der Waals surface area contributed by atoms with E-state index < -0.39 is 10.0 Å². The van der Waals surface area contributed by atoms with E-state index in [-0.39, 0.29) is 17.2 Å². The summed E-state index contributed by atoms with van der Waals surface area (Å²) in [6.07, 6.45) is 4.74. The number of furan rings is 1. The van der Waals surface area contributed by atoms with Crippen molar-refractivity contribution < 1.29 is 12.8 Å². The van der Waals surface area contributed by atoms with Gasteiger partial charge in [-0.05, 0) is 72.5 Å². The minimum absolute atomic E-state index is 0.0522. The number of sulfonamides is 1. The van der Waals surface area contributed by atoms with Crippen LogP contribution in [0.3, 0.4) is 0 Å². The van der Waals surface area contributed by atoms with Crippen LogP contribution in [0.2, 0.25) is 5.15 Å². The summed E-state index contributed by atoms with van der Waals surface area (Å²) in [5, 5.41) is 3.74. The molecule has 0 bridgehead atoms. The molecule has 0 amide bonds. The molecule has 0 aromatic carbocycles. The SMILES string of the molecule is O=S(=O)(NC1CCCC(Nc2cc(I)cc(Cl)n2)C1)c1ccco1. The van der Waals surface area contributed by atoms with E-state index in [9.17, 15) is 8.42 Å². The molecular formula is C15H17ClIN3O3S. The molecule has 3 rings (SSSR count). The van der Waals surface area contributed by atoms with Crippen molar-refractivity contribution in [3.63, 3.8) is 0 Å². The minimum atomic E-state index is -3.61. The summed E-state index contributed by atoms with van der Waals surface area (Å²) in [7, 11) is -3.61. The lowest BCUT2D eigenvalue weighted by molar-refractivity contribution is 0.378. The first-order valence-corrected chi connectivity index (χ1v) is 10.5. The maximum absolute atomic E-state index is 12.3. The summed E-state index contributed by atoms with van der Waals surface area (Å²) >= 11 is 8.17. The smallest absolute Gasteiger partial charge is 0.274 e. The third kappa shape index (κ3) is 4.62. The normalized spacial score (nSPS) is 21.6. The standard InChI is InChI=1S/C15H17ClIN3O3S/c16-13-7-10(17)8-14(19-13)18-11-3-1-4-12(9-11)20-24(21,22)15-5-2-6-23-15/h2,5-8,11-12,20H,1,3-4,9H2,(H,18,19). The zero-order valence-electron chi connectivity index (χ0n) is 12.7. The second-order valence-corrected chi connectivity index (χ2v) is 9.03. The van der Waals surface area contributed by atoms with Crippen LogP contribution in [0.4, 0.5) is 5.82 Å². The van der Waals surface area contributed by atoms with E-state index in [2.05, 4.69) is 37.6 Å². The molecule has 0 spiro atoms. The number of anilines is 1. The molecule has 24 heavy (non-hydrogen) atoms. The number of nitrogens with zero attached hydrogens (tertiary/aromatic N) is 1. The summed E-state index contributed by atoms with van der Waals surface area (Å²) < 4.78 is 33.2. The van der Waals surface area contributed by atoms with Gasteiger partial charge >= 0.3 is 0 Å². The molecule has 0 aliphatic heterocycles. The van der Waals surface area contributed by atoms with Gasteiger partial charge in [-0.15, -0.1) is 0 Å². The number of hydrogen-bond acceptors (Lipinski definition) is 5. The van der Waals surface area contributed by atoms with Gasteiger partial charge in [0.05, 0.1) is 6.26 Å². The Balaban J connectivity index is 1.64. The van der Waals surface area contributed by atoms with E-state index in [1.54, 1.807) is 12.1 Å². The topological polar surface area (TPSA) is 84.2 Å². The molecule has 6 nitrogen and oxygen atoms in total. The number of aromatic nitrogens is 1. The molecule has 2 unspecified atom stereocenters. The van der Waals surface area contributed by atoms with Gasteiger partial charge in [-0.25, -0.2) is 18.1 Å². The summed E-state index contributed by atoms with van der Waals surface area (Å²) in [6, 6.07) is 6.72. The van der Waals surface area contributed by atoms with Crippen LogP contribution in [0.25, 0.3) is 0 Å². The molecule has 2 aromatic rings. The molecule has 9 heteroatoms. The van der Waals surface area contributed by atoms with Crippen molar-refractivity contribution in [2.75, 3.05) is 5.32 Å². The molecule has 130 valence electrons. The third-order valence-electron chi connectivity index (χ3n) is 3.87. The van der Waals surface area contributed by atoms with Crippen LogP contribution in [0.15, 0.2) is 40.0 Å². The molecule has 1 saturated carbocycles. The maximum Gasteiger partial charge on any atom is 0.274 e. The van der Waals surface area contributed by atoms with Crippen LogP contribution in [0, 0.1) is 3.57 Å². The fourth-order valence-electron chi connectivity index (χ4n) is 2.87. The molecule has 2 N–H and O–H groups in total. The Kier molecular flexibility index (Phi) is 5.68. The Hall–Kier alpha value is -0.840. The van der Waals surface area contributed by atoms with Gasteiger partial charge in [-0.1, -0.05) is 11.6 Å². The maximum atomic E-state index is 12.3. The molecule has 2 aromatic heterocycles. The van der Waals surface area contributed by atoms with Crippen LogP contribution >= 0.6 is 34.2 Å². The lowest BCUT2D eigenvalue weighted by Crippen LogP contribution is -2.41. The van der Waals surface area contributed by atoms with Crippen molar-refractivity contribution in [1.29, 1.82) is 0 Å². The number of pyridine rings is 1. The number of hydrogen-bond donors (Lipinski definition) is 2. The van der Waals surface area contributed by atoms with E-state index in [1.165, 1.54) is 12.3 Å². The van der Waals surface area contributed by atoms with Gasteiger partial charge in [0, 0.05) is 15.7 Å². The van der Waals surface area contributed by atoms with Gasteiger partial charge < -0.3 is 9.73 Å². The largest absolute Gasteiger partial charge is 0.452 e. The molecular weight excluding hydrogens is 465 g/mol. The summed E-state index contributed by atoms with van der Waals surface area (Å²) in [4.78, 5) is 4.26. The lowest BCUT2D eigenvalue weighted by Gasteiger charge is -2.30. The van der Waals surface area contributed by atoms with E-state index in [0.717, 1.165) is 22.8 Å². The molecule has 1 aliphatic carbocycles. The van der Waals surface area contributed by atoms with Crippen LogP contribution in [0.1, 0.15) is 25.7 Å². The van der Waals surface area contributed by atoms with Crippen LogP contribution in [-0.4, -0.2) is 25.5 Å². The predicted molar refractivity (Wildman–Crippen MR) is 101 cm³/mol. The van der Waals surface area contributed by atoms with Crippen molar-refractivity contribution in [3.8, 4) is 0 Å². The first-order chi connectivity index (χ1) is 11.4. The average Bonchev–Trinajstić information content (AvgIpc) is 3.01. The summed E-state index contributed by atoms with van der Waals surface area (Å²) in [5.41, 5.74) is 0. The third-order valence-corrected chi connectivity index (χ3v) is 6.09. The Morgan fingerprint density at radius 3 is 2.79 bits per heavy atom. The monoisotopic (exact) mass is 481 g/mol. The highest BCUT2D eigenvalue weighted by Gasteiger charge is 2.28. The highest BCUT2D eigenvalue weighted by molar-refractivity contribution is 14.1. The first kappa shape index (κ1) is 18.0. The molecule has 1 aliphatic rings. The van der Waals surface area contributed by atoms with E-state index in [4.69, 9.17) is 16.0 Å². The summed E-state index contributed by atoms with van der Waals surface area (Å²) in [6.45, 7) is 0. The highest BCUT2D eigenvalue weighted by Crippen LogP contribution is 2.24. The number of nitrogens with one attached hydrogen (secondary N) is 2. The Morgan fingerprint density at radius 2 is 2.08 bits per heavy atom. The van der Waals surface area contributed by atoms with Crippen molar-refractivity contribution >= 4 is 50.0 Å². The second kappa shape index (κ2) is 7.59. The van der Waals surface area contributed by atoms with E-state index in [0.29, 0.717) is 17.4 Å². The fraction of sp³-hybridized carbons (Fsp3) is 0.400. The highest BCUT2D eigenvalue weighted by atomic mass is 127. The lowest BCUT2D eigenvalue weighted by atomic mass is 9.91. The second-order valence-electron chi connectivity index (χ2n) is 5.75. The van der Waals surface area contributed by atoms with Gasteiger partial charge in [-0.2, -0.15) is 0 Å².